The zero-order chi connectivity index (χ0) is 21.9. The summed E-state index contributed by atoms with van der Waals surface area (Å²) in [6.45, 7) is 20.4. The number of piperidine rings is 1. The standard InChI is InChI=1S/C22H40ClN5OSi/c1-17-14-20(25-26-21(17)23)24-18-8-7-10-27(15-18)12-13-28-11-9-19(16-28)29-30(5,6)22(2,3)4/h14,18-19H,7-13,15-16H2,1-6H3,(H,24,25)/t18-,19+/m1/s1. The van der Waals surface area contributed by atoms with E-state index in [1.165, 1.54) is 25.8 Å². The molecule has 1 aromatic rings. The van der Waals surface area contributed by atoms with Crippen LogP contribution in [-0.2, 0) is 4.43 Å². The summed E-state index contributed by atoms with van der Waals surface area (Å²) in [5, 5.41) is 12.5. The number of hydrogen-bond donors (Lipinski definition) is 1. The molecule has 2 saturated heterocycles. The van der Waals surface area contributed by atoms with Crippen LogP contribution in [0.25, 0.3) is 0 Å². The summed E-state index contributed by atoms with van der Waals surface area (Å²) in [6, 6.07) is 2.41. The van der Waals surface area contributed by atoms with Gasteiger partial charge in [0.25, 0.3) is 0 Å². The van der Waals surface area contributed by atoms with Crippen LogP contribution < -0.4 is 5.32 Å². The molecule has 0 amide bonds. The van der Waals surface area contributed by atoms with Crippen molar-refractivity contribution in [2.75, 3.05) is 44.6 Å². The first-order valence-corrected chi connectivity index (χ1v) is 14.7. The molecule has 0 saturated carbocycles. The van der Waals surface area contributed by atoms with E-state index in [9.17, 15) is 0 Å². The van der Waals surface area contributed by atoms with Crippen molar-refractivity contribution in [2.24, 2.45) is 0 Å². The maximum atomic E-state index is 6.64. The van der Waals surface area contributed by atoms with Crippen LogP contribution in [0.2, 0.25) is 23.3 Å². The van der Waals surface area contributed by atoms with Gasteiger partial charge in [0.1, 0.15) is 5.82 Å². The molecule has 1 N–H and O–H groups in total. The fourth-order valence-electron chi connectivity index (χ4n) is 4.10. The second-order valence-corrected chi connectivity index (χ2v) is 15.7. The lowest BCUT2D eigenvalue weighted by Gasteiger charge is -2.38. The maximum absolute atomic E-state index is 6.64. The van der Waals surface area contributed by atoms with Crippen molar-refractivity contribution in [1.82, 2.24) is 20.0 Å². The molecule has 170 valence electrons. The van der Waals surface area contributed by atoms with Crippen molar-refractivity contribution in [3.63, 3.8) is 0 Å². The Bertz CT molecular complexity index is 711. The number of aryl methyl sites for hydroxylation is 1. The summed E-state index contributed by atoms with van der Waals surface area (Å²) in [4.78, 5) is 5.17. The summed E-state index contributed by atoms with van der Waals surface area (Å²) >= 11 is 6.00. The molecule has 3 rings (SSSR count). The monoisotopic (exact) mass is 453 g/mol. The largest absolute Gasteiger partial charge is 0.413 e. The van der Waals surface area contributed by atoms with E-state index < -0.39 is 8.32 Å². The first-order chi connectivity index (χ1) is 14.0. The van der Waals surface area contributed by atoms with Crippen molar-refractivity contribution in [3.05, 3.63) is 16.8 Å². The van der Waals surface area contributed by atoms with E-state index in [4.69, 9.17) is 16.0 Å². The average Bonchev–Trinajstić information content (AvgIpc) is 3.09. The highest BCUT2D eigenvalue weighted by molar-refractivity contribution is 6.74. The Labute approximate surface area is 188 Å². The van der Waals surface area contributed by atoms with Crippen LogP contribution >= 0.6 is 11.6 Å². The summed E-state index contributed by atoms with van der Waals surface area (Å²) in [7, 11) is -1.67. The third-order valence-corrected chi connectivity index (χ3v) is 11.9. The van der Waals surface area contributed by atoms with Crippen LogP contribution in [0.1, 0.15) is 45.6 Å². The zero-order valence-electron chi connectivity index (χ0n) is 19.7. The molecule has 0 radical (unpaired) electrons. The van der Waals surface area contributed by atoms with Crippen LogP contribution in [0.3, 0.4) is 0 Å². The molecule has 0 aliphatic carbocycles. The van der Waals surface area contributed by atoms with Crippen molar-refractivity contribution in [1.29, 1.82) is 0 Å². The minimum absolute atomic E-state index is 0.281. The maximum Gasteiger partial charge on any atom is 0.192 e. The number of nitrogens with one attached hydrogen (secondary N) is 1. The topological polar surface area (TPSA) is 53.5 Å². The van der Waals surface area contributed by atoms with Crippen LogP contribution in [-0.4, -0.2) is 79.7 Å². The highest BCUT2D eigenvalue weighted by atomic mass is 35.5. The lowest BCUT2D eigenvalue weighted by Crippen LogP contribution is -2.46. The first kappa shape index (κ1) is 23.9. The van der Waals surface area contributed by atoms with Crippen molar-refractivity contribution in [3.8, 4) is 0 Å². The van der Waals surface area contributed by atoms with Crippen LogP contribution in [0.15, 0.2) is 6.07 Å². The molecular weight excluding hydrogens is 414 g/mol. The number of nitrogens with zero attached hydrogens (tertiary/aromatic N) is 4. The normalized spacial score (nSPS) is 24.4. The predicted octanol–water partition coefficient (Wildman–Crippen LogP) is 4.41. The molecular formula is C22H40ClN5OSi. The minimum atomic E-state index is -1.67. The van der Waals surface area contributed by atoms with E-state index in [1.807, 2.05) is 13.0 Å². The Morgan fingerprint density at radius 1 is 1.13 bits per heavy atom. The van der Waals surface area contributed by atoms with Crippen molar-refractivity contribution in [2.45, 2.75) is 77.2 Å². The molecule has 2 aliphatic heterocycles. The summed E-state index contributed by atoms with van der Waals surface area (Å²) in [5.74, 6) is 0.828. The average molecular weight is 454 g/mol. The highest BCUT2D eigenvalue weighted by Gasteiger charge is 2.40. The second kappa shape index (κ2) is 9.82. The van der Waals surface area contributed by atoms with Gasteiger partial charge in [0.05, 0.1) is 6.10 Å². The van der Waals surface area contributed by atoms with Crippen LogP contribution in [0.4, 0.5) is 5.82 Å². The SMILES string of the molecule is Cc1cc(N[C@@H]2CCCN(CCN3CC[C@H](O[Si](C)(C)C(C)(C)C)C3)C2)nnc1Cl. The van der Waals surface area contributed by atoms with Gasteiger partial charge in [-0.05, 0) is 62.5 Å². The van der Waals surface area contributed by atoms with E-state index in [0.29, 0.717) is 17.3 Å². The molecule has 3 heterocycles. The smallest absolute Gasteiger partial charge is 0.192 e. The lowest BCUT2D eigenvalue weighted by molar-refractivity contribution is 0.162. The molecule has 8 heteroatoms. The number of aromatic nitrogens is 2. The summed E-state index contributed by atoms with van der Waals surface area (Å²) < 4.78 is 6.64. The summed E-state index contributed by atoms with van der Waals surface area (Å²) in [5.41, 5.74) is 0.963. The van der Waals surface area contributed by atoms with Crippen molar-refractivity contribution < 1.29 is 4.43 Å². The minimum Gasteiger partial charge on any atom is -0.413 e. The Morgan fingerprint density at radius 2 is 1.83 bits per heavy atom. The van der Waals surface area contributed by atoms with Gasteiger partial charge in [-0.3, -0.25) is 4.90 Å². The van der Waals surface area contributed by atoms with E-state index in [2.05, 4.69) is 59.2 Å². The van der Waals surface area contributed by atoms with Gasteiger partial charge in [-0.15, -0.1) is 10.2 Å². The van der Waals surface area contributed by atoms with Gasteiger partial charge < -0.3 is 14.6 Å². The Kier molecular flexibility index (Phi) is 7.83. The Morgan fingerprint density at radius 3 is 2.50 bits per heavy atom. The van der Waals surface area contributed by atoms with Gasteiger partial charge in [-0.2, -0.15) is 0 Å². The third-order valence-electron chi connectivity index (χ3n) is 7.01. The van der Waals surface area contributed by atoms with Crippen LogP contribution in [0, 0.1) is 6.92 Å². The third kappa shape index (κ3) is 6.39. The molecule has 30 heavy (non-hydrogen) atoms. The Hall–Kier alpha value is -0.733. The van der Waals surface area contributed by atoms with Gasteiger partial charge in [-0.25, -0.2) is 0 Å². The molecule has 1 aromatic heterocycles. The van der Waals surface area contributed by atoms with E-state index in [1.54, 1.807) is 0 Å². The molecule has 0 bridgehead atoms. The van der Waals surface area contributed by atoms with Gasteiger partial charge in [0.15, 0.2) is 13.5 Å². The molecule has 2 fully saturated rings. The lowest BCUT2D eigenvalue weighted by atomic mass is 10.1. The first-order valence-electron chi connectivity index (χ1n) is 11.4. The van der Waals surface area contributed by atoms with Gasteiger partial charge >= 0.3 is 0 Å². The Balaban J connectivity index is 1.42. The fraction of sp³-hybridized carbons (Fsp3) is 0.818. The number of rotatable bonds is 7. The van der Waals surface area contributed by atoms with Crippen LogP contribution in [0.5, 0.6) is 0 Å². The summed E-state index contributed by atoms with van der Waals surface area (Å²) in [6.07, 6.45) is 3.97. The number of likely N-dealkylation sites (tertiary alicyclic amines) is 2. The fourth-order valence-corrected chi connectivity index (χ4v) is 5.57. The molecule has 0 unspecified atom stereocenters. The predicted molar refractivity (Wildman–Crippen MR) is 128 cm³/mol. The number of halogens is 1. The number of anilines is 1. The highest BCUT2D eigenvalue weighted by Crippen LogP contribution is 2.38. The molecule has 0 aromatic carbocycles. The van der Waals surface area contributed by atoms with Gasteiger partial charge in [0.2, 0.25) is 0 Å². The van der Waals surface area contributed by atoms with E-state index in [0.717, 1.165) is 44.1 Å². The number of hydrogen-bond acceptors (Lipinski definition) is 6. The molecule has 0 spiro atoms. The van der Waals surface area contributed by atoms with Crippen molar-refractivity contribution >= 4 is 25.7 Å². The van der Waals surface area contributed by atoms with Gasteiger partial charge in [0, 0.05) is 38.8 Å². The molecule has 2 aliphatic rings. The molecule has 6 nitrogen and oxygen atoms in total. The van der Waals surface area contributed by atoms with Gasteiger partial charge in [-0.1, -0.05) is 32.4 Å². The second-order valence-electron chi connectivity index (χ2n) is 10.6. The zero-order valence-corrected chi connectivity index (χ0v) is 21.4. The molecule has 2 atom stereocenters. The van der Waals surface area contributed by atoms with E-state index >= 15 is 0 Å². The quantitative estimate of drug-likeness (QED) is 0.617. The van der Waals surface area contributed by atoms with E-state index in [-0.39, 0.29) is 5.04 Å².